The van der Waals surface area contributed by atoms with E-state index in [1.54, 1.807) is 0 Å². The molecule has 196 valence electrons. The molecule has 0 saturated carbocycles. The molecular weight excluding hydrogens is 514 g/mol. The summed E-state index contributed by atoms with van der Waals surface area (Å²) in [6, 6.07) is 6.09. The number of halogens is 3. The summed E-state index contributed by atoms with van der Waals surface area (Å²) in [5, 5.41) is 13.8. The van der Waals surface area contributed by atoms with E-state index in [-0.39, 0.29) is 59.4 Å². The number of amides is 2. The van der Waals surface area contributed by atoms with Crippen LogP contribution in [0.3, 0.4) is 0 Å². The first-order chi connectivity index (χ1) is 17.7. The molecule has 2 heterocycles. The number of benzene rings is 2. The van der Waals surface area contributed by atoms with Crippen molar-refractivity contribution in [1.29, 1.82) is 0 Å². The van der Waals surface area contributed by atoms with Gasteiger partial charge in [0.2, 0.25) is 5.91 Å². The minimum atomic E-state index is -0.773. The van der Waals surface area contributed by atoms with E-state index in [4.69, 9.17) is 26.2 Å². The lowest BCUT2D eigenvalue weighted by Gasteiger charge is -2.13. The first-order valence-corrected chi connectivity index (χ1v) is 11.7. The van der Waals surface area contributed by atoms with Crippen LogP contribution in [0.2, 0.25) is 5.02 Å². The average Bonchev–Trinajstić information content (AvgIpc) is 3.32. The highest BCUT2D eigenvalue weighted by molar-refractivity contribution is 6.30. The van der Waals surface area contributed by atoms with Crippen LogP contribution in [0.5, 0.6) is 5.75 Å². The van der Waals surface area contributed by atoms with Gasteiger partial charge >= 0.3 is 0 Å². The summed E-state index contributed by atoms with van der Waals surface area (Å²) in [5.74, 6) is -3.16. The van der Waals surface area contributed by atoms with Crippen LogP contribution in [-0.4, -0.2) is 58.9 Å². The Bertz CT molecular complexity index is 1390. The van der Waals surface area contributed by atoms with E-state index in [9.17, 15) is 23.2 Å². The van der Waals surface area contributed by atoms with E-state index in [2.05, 4.69) is 20.6 Å². The maximum Gasteiger partial charge on any atom is 0.287 e. The van der Waals surface area contributed by atoms with Crippen molar-refractivity contribution in [3.63, 3.8) is 0 Å². The number of aliphatic hydroxyl groups excluding tert-OH is 1. The Hall–Kier alpha value is -3.61. The predicted molar refractivity (Wildman–Crippen MR) is 128 cm³/mol. The highest BCUT2D eigenvalue weighted by atomic mass is 35.5. The van der Waals surface area contributed by atoms with Gasteiger partial charge in [0.25, 0.3) is 11.5 Å². The Kier molecular flexibility index (Phi) is 8.31. The smallest absolute Gasteiger partial charge is 0.287 e. The fourth-order valence-electron chi connectivity index (χ4n) is 3.92. The molecule has 1 aliphatic rings. The normalized spacial score (nSPS) is 17.1. The van der Waals surface area contributed by atoms with Gasteiger partial charge in [0.05, 0.1) is 35.9 Å². The molecule has 1 aromatic heterocycles. The van der Waals surface area contributed by atoms with Crippen LogP contribution in [0.1, 0.15) is 29.0 Å². The zero-order valence-electron chi connectivity index (χ0n) is 19.4. The molecule has 37 heavy (non-hydrogen) atoms. The Morgan fingerprint density at radius 3 is 2.78 bits per heavy atom. The number of aromatic amines is 1. The molecule has 1 aliphatic heterocycles. The van der Waals surface area contributed by atoms with Crippen LogP contribution >= 0.6 is 11.6 Å². The van der Waals surface area contributed by atoms with Gasteiger partial charge in [-0.3, -0.25) is 14.4 Å². The second-order valence-corrected chi connectivity index (χ2v) is 8.77. The van der Waals surface area contributed by atoms with Gasteiger partial charge in [-0.2, -0.15) is 0 Å². The summed E-state index contributed by atoms with van der Waals surface area (Å²) >= 11 is 5.74. The van der Waals surface area contributed by atoms with Crippen LogP contribution in [0.4, 0.5) is 8.78 Å². The van der Waals surface area contributed by atoms with Gasteiger partial charge in [-0.05, 0) is 36.2 Å². The van der Waals surface area contributed by atoms with E-state index >= 15 is 0 Å². The zero-order valence-corrected chi connectivity index (χ0v) is 20.1. The number of H-pyrrole nitrogens is 1. The third-order valence-electron chi connectivity index (χ3n) is 5.71. The van der Waals surface area contributed by atoms with Crippen molar-refractivity contribution >= 4 is 34.3 Å². The molecule has 1 saturated heterocycles. The van der Waals surface area contributed by atoms with E-state index in [0.717, 1.165) is 6.07 Å². The topological polar surface area (TPSA) is 143 Å². The number of fused-ring (bicyclic) bond motifs is 1. The maximum absolute atomic E-state index is 14.5. The molecule has 2 aromatic carbocycles. The summed E-state index contributed by atoms with van der Waals surface area (Å²) in [4.78, 5) is 43.1. The van der Waals surface area contributed by atoms with Crippen LogP contribution in [0, 0.1) is 11.6 Å². The SMILES string of the molecule is O=C(CO)NC1COC(CCOc2c(F)ccc3nc(C(=O)NCc4ccc(F)c(Cl)c4)[nH]c(=O)c23)C1. The summed E-state index contributed by atoms with van der Waals surface area (Å²) in [7, 11) is 0. The van der Waals surface area contributed by atoms with Crippen LogP contribution in [0.15, 0.2) is 35.1 Å². The second-order valence-electron chi connectivity index (χ2n) is 8.37. The number of hydrogen-bond donors (Lipinski definition) is 4. The zero-order chi connectivity index (χ0) is 26.5. The van der Waals surface area contributed by atoms with Gasteiger partial charge < -0.3 is 30.2 Å². The Morgan fingerprint density at radius 1 is 1.24 bits per heavy atom. The van der Waals surface area contributed by atoms with Crippen molar-refractivity contribution in [1.82, 2.24) is 20.6 Å². The lowest BCUT2D eigenvalue weighted by atomic mass is 10.1. The van der Waals surface area contributed by atoms with Gasteiger partial charge in [-0.1, -0.05) is 17.7 Å². The van der Waals surface area contributed by atoms with E-state index < -0.39 is 35.6 Å². The van der Waals surface area contributed by atoms with Gasteiger partial charge in [0.15, 0.2) is 17.4 Å². The quantitative estimate of drug-likeness (QED) is 0.327. The molecule has 2 unspecified atom stereocenters. The lowest BCUT2D eigenvalue weighted by Crippen LogP contribution is -2.37. The fraction of sp³-hybridized carbons (Fsp3) is 0.333. The first kappa shape index (κ1) is 26.5. The predicted octanol–water partition coefficient (Wildman–Crippen LogP) is 1.82. The minimum Gasteiger partial charge on any atom is -0.489 e. The highest BCUT2D eigenvalue weighted by Gasteiger charge is 2.27. The summed E-state index contributed by atoms with van der Waals surface area (Å²) < 4.78 is 39.0. The maximum atomic E-state index is 14.5. The molecule has 1 fully saturated rings. The molecule has 10 nitrogen and oxygen atoms in total. The van der Waals surface area contributed by atoms with Crippen LogP contribution in [0.25, 0.3) is 10.9 Å². The first-order valence-electron chi connectivity index (χ1n) is 11.3. The molecule has 0 aliphatic carbocycles. The fourth-order valence-corrected chi connectivity index (χ4v) is 4.12. The molecule has 4 rings (SSSR count). The molecule has 3 aromatic rings. The van der Waals surface area contributed by atoms with Gasteiger partial charge in [-0.15, -0.1) is 0 Å². The average molecular weight is 537 g/mol. The largest absolute Gasteiger partial charge is 0.489 e. The van der Waals surface area contributed by atoms with E-state index in [1.165, 1.54) is 24.3 Å². The number of aliphatic hydroxyl groups is 1. The molecule has 13 heteroatoms. The summed E-state index contributed by atoms with van der Waals surface area (Å²) in [6.07, 6.45) is 0.600. The number of hydrogen-bond acceptors (Lipinski definition) is 7. The molecule has 2 amide bonds. The minimum absolute atomic E-state index is 0.00609. The number of carbonyl (C=O) groups is 2. The number of ether oxygens (including phenoxy) is 2. The van der Waals surface area contributed by atoms with Crippen LogP contribution < -0.4 is 20.9 Å². The standard InChI is InChI=1S/C24H23ClF2N4O6/c25-15-7-12(1-2-16(15)26)9-28-24(35)22-30-18-4-3-17(27)21(20(18)23(34)31-22)36-6-5-14-8-13(11-37-14)29-19(33)10-32/h1-4,7,13-14,32H,5-6,8-11H2,(H,28,35)(H,29,33)(H,30,31,34). The van der Waals surface area contributed by atoms with Crippen LogP contribution in [-0.2, 0) is 16.1 Å². The molecule has 4 N–H and O–H groups in total. The molecular formula is C24H23ClF2N4O6. The number of rotatable bonds is 9. The molecule has 2 atom stereocenters. The number of aromatic nitrogens is 2. The van der Waals surface area contributed by atoms with Gasteiger partial charge in [-0.25, -0.2) is 13.8 Å². The Labute approximate surface area is 213 Å². The summed E-state index contributed by atoms with van der Waals surface area (Å²) in [6.45, 7) is -0.309. The summed E-state index contributed by atoms with van der Waals surface area (Å²) in [5.41, 5.74) is -0.175. The molecule has 0 bridgehead atoms. The molecule has 0 radical (unpaired) electrons. The number of nitrogens with zero attached hydrogens (tertiary/aromatic N) is 1. The van der Waals surface area contributed by atoms with E-state index in [0.29, 0.717) is 18.4 Å². The van der Waals surface area contributed by atoms with Crippen molar-refractivity contribution in [2.24, 2.45) is 0 Å². The van der Waals surface area contributed by atoms with Crippen molar-refractivity contribution in [2.75, 3.05) is 19.8 Å². The van der Waals surface area contributed by atoms with Crippen molar-refractivity contribution in [3.05, 3.63) is 68.7 Å². The van der Waals surface area contributed by atoms with Crippen molar-refractivity contribution in [3.8, 4) is 5.75 Å². The lowest BCUT2D eigenvalue weighted by molar-refractivity contribution is -0.124. The Morgan fingerprint density at radius 2 is 2.03 bits per heavy atom. The van der Waals surface area contributed by atoms with E-state index in [1.807, 2.05) is 0 Å². The highest BCUT2D eigenvalue weighted by Crippen LogP contribution is 2.26. The number of nitrogens with one attached hydrogen (secondary N) is 3. The van der Waals surface area contributed by atoms with Gasteiger partial charge in [0, 0.05) is 13.0 Å². The third-order valence-corrected chi connectivity index (χ3v) is 6.00. The monoisotopic (exact) mass is 536 g/mol. The van der Waals surface area contributed by atoms with Crippen molar-refractivity contribution < 1.29 is 33.0 Å². The van der Waals surface area contributed by atoms with Gasteiger partial charge in [0.1, 0.15) is 17.8 Å². The third kappa shape index (κ3) is 6.40. The number of carbonyl (C=O) groups excluding carboxylic acids is 2. The van der Waals surface area contributed by atoms with Crippen molar-refractivity contribution in [2.45, 2.75) is 31.5 Å². The Balaban J connectivity index is 1.41. The molecule has 0 spiro atoms. The second kappa shape index (κ2) is 11.6.